The van der Waals surface area contributed by atoms with Crippen molar-refractivity contribution in [2.75, 3.05) is 20.2 Å². The number of ether oxygens (including phenoxy) is 1. The van der Waals surface area contributed by atoms with E-state index in [0.29, 0.717) is 0 Å². The van der Waals surface area contributed by atoms with Gasteiger partial charge in [-0.15, -0.1) is 0 Å². The van der Waals surface area contributed by atoms with Crippen molar-refractivity contribution in [3.8, 4) is 17.1 Å². The van der Waals surface area contributed by atoms with Crippen LogP contribution in [0.2, 0.25) is 0 Å². The molecule has 0 aliphatic carbocycles. The van der Waals surface area contributed by atoms with Crippen LogP contribution in [0.5, 0.6) is 5.75 Å². The van der Waals surface area contributed by atoms with Crippen LogP contribution in [0, 0.1) is 5.82 Å². The normalized spacial score (nSPS) is 14.6. The maximum Gasteiger partial charge on any atom is 0.176 e. The number of hydrogen-bond acceptors (Lipinski definition) is 4. The molecule has 2 aromatic carbocycles. The largest absolute Gasteiger partial charge is 0.493 e. The Morgan fingerprint density at radius 3 is 2.55 bits per heavy atom. The molecule has 31 heavy (non-hydrogen) atoms. The SMILES string of the molecule is COc1cc(CN2CC=C(c3ccc(F)cc3)CC2)cc2cc(-c3ccncc3)oc12. The minimum Gasteiger partial charge on any atom is -0.493 e. The molecule has 0 bridgehead atoms. The molecule has 3 heterocycles. The number of methoxy groups -OCH3 is 1. The second-order valence-corrected chi connectivity index (χ2v) is 7.78. The lowest BCUT2D eigenvalue weighted by molar-refractivity contribution is 0.293. The van der Waals surface area contributed by atoms with Crippen LogP contribution in [0.15, 0.2) is 77.5 Å². The third-order valence-electron chi connectivity index (χ3n) is 5.74. The third-order valence-corrected chi connectivity index (χ3v) is 5.74. The molecule has 0 radical (unpaired) electrons. The summed E-state index contributed by atoms with van der Waals surface area (Å²) in [5.41, 5.74) is 5.32. The van der Waals surface area contributed by atoms with Gasteiger partial charge in [0.15, 0.2) is 11.3 Å². The summed E-state index contributed by atoms with van der Waals surface area (Å²) in [4.78, 5) is 6.47. The fraction of sp³-hybridized carbons (Fsp3) is 0.192. The summed E-state index contributed by atoms with van der Waals surface area (Å²) < 4.78 is 24.9. The number of benzene rings is 2. The molecule has 0 atom stereocenters. The topological polar surface area (TPSA) is 38.5 Å². The first-order valence-electron chi connectivity index (χ1n) is 10.4. The predicted molar refractivity (Wildman–Crippen MR) is 120 cm³/mol. The number of halogens is 1. The summed E-state index contributed by atoms with van der Waals surface area (Å²) in [5, 5.41) is 1.03. The fourth-order valence-electron chi connectivity index (χ4n) is 4.12. The first kappa shape index (κ1) is 19.5. The minimum absolute atomic E-state index is 0.197. The van der Waals surface area contributed by atoms with Gasteiger partial charge in [-0.2, -0.15) is 0 Å². The highest BCUT2D eigenvalue weighted by Gasteiger charge is 2.16. The molecule has 0 spiro atoms. The van der Waals surface area contributed by atoms with Crippen LogP contribution < -0.4 is 4.74 Å². The number of pyridine rings is 1. The van der Waals surface area contributed by atoms with Crippen LogP contribution in [0.4, 0.5) is 4.39 Å². The monoisotopic (exact) mass is 414 g/mol. The van der Waals surface area contributed by atoms with Crippen LogP contribution >= 0.6 is 0 Å². The maximum absolute atomic E-state index is 13.2. The smallest absolute Gasteiger partial charge is 0.176 e. The van der Waals surface area contributed by atoms with E-state index in [9.17, 15) is 4.39 Å². The zero-order valence-electron chi connectivity index (χ0n) is 17.3. The first-order chi connectivity index (χ1) is 15.2. The van der Waals surface area contributed by atoms with Gasteiger partial charge in [-0.05, 0) is 65.6 Å². The lowest BCUT2D eigenvalue weighted by Crippen LogP contribution is -2.28. The number of rotatable bonds is 5. The lowest BCUT2D eigenvalue weighted by atomic mass is 9.99. The van der Waals surface area contributed by atoms with E-state index in [1.54, 1.807) is 19.5 Å². The van der Waals surface area contributed by atoms with E-state index in [-0.39, 0.29) is 5.82 Å². The Morgan fingerprint density at radius 1 is 1.03 bits per heavy atom. The van der Waals surface area contributed by atoms with Gasteiger partial charge in [0.2, 0.25) is 0 Å². The Balaban J connectivity index is 1.36. The van der Waals surface area contributed by atoms with Crippen LogP contribution in [-0.4, -0.2) is 30.1 Å². The van der Waals surface area contributed by atoms with Gasteiger partial charge in [0.1, 0.15) is 11.6 Å². The van der Waals surface area contributed by atoms with E-state index in [0.717, 1.165) is 59.7 Å². The molecule has 1 aliphatic rings. The Morgan fingerprint density at radius 2 is 1.84 bits per heavy atom. The highest BCUT2D eigenvalue weighted by atomic mass is 19.1. The molecular formula is C26H23FN2O2. The van der Waals surface area contributed by atoms with E-state index < -0.39 is 0 Å². The van der Waals surface area contributed by atoms with E-state index in [4.69, 9.17) is 9.15 Å². The van der Waals surface area contributed by atoms with E-state index in [2.05, 4.69) is 34.2 Å². The van der Waals surface area contributed by atoms with Crippen molar-refractivity contribution in [2.24, 2.45) is 0 Å². The third kappa shape index (κ3) is 4.09. The number of fused-ring (bicyclic) bond motifs is 1. The Labute approximate surface area is 180 Å². The number of hydrogen-bond donors (Lipinski definition) is 0. The summed E-state index contributed by atoms with van der Waals surface area (Å²) >= 11 is 0. The Bertz CT molecular complexity index is 1230. The Hall–Kier alpha value is -3.44. The minimum atomic E-state index is -0.197. The molecule has 1 aliphatic heterocycles. The van der Waals surface area contributed by atoms with Crippen molar-refractivity contribution in [2.45, 2.75) is 13.0 Å². The van der Waals surface area contributed by atoms with Crippen molar-refractivity contribution in [3.05, 3.63) is 90.0 Å². The summed E-state index contributed by atoms with van der Waals surface area (Å²) in [5.74, 6) is 1.35. The van der Waals surface area contributed by atoms with E-state index >= 15 is 0 Å². The van der Waals surface area contributed by atoms with Gasteiger partial charge < -0.3 is 9.15 Å². The van der Waals surface area contributed by atoms with Crippen LogP contribution in [0.1, 0.15) is 17.5 Å². The quantitative estimate of drug-likeness (QED) is 0.406. The molecule has 5 rings (SSSR count). The standard InChI is InChI=1S/C26H23FN2O2/c1-30-25-15-18(14-22-16-24(31-26(22)25)21-6-10-28-11-7-21)17-29-12-8-20(9-13-29)19-2-4-23(27)5-3-19/h2-8,10-11,14-16H,9,12-13,17H2,1H3. The van der Waals surface area contributed by atoms with E-state index in [1.807, 2.05) is 24.3 Å². The van der Waals surface area contributed by atoms with Gasteiger partial charge in [0, 0.05) is 43.0 Å². The highest BCUT2D eigenvalue weighted by Crippen LogP contribution is 2.35. The highest BCUT2D eigenvalue weighted by molar-refractivity contribution is 5.88. The molecule has 4 aromatic rings. The fourth-order valence-corrected chi connectivity index (χ4v) is 4.12. The second kappa shape index (κ2) is 8.36. The summed E-state index contributed by atoms with van der Waals surface area (Å²) in [6.07, 6.45) is 6.71. The molecule has 0 N–H and O–H groups in total. The van der Waals surface area contributed by atoms with Crippen LogP contribution in [-0.2, 0) is 6.54 Å². The molecule has 0 fully saturated rings. The first-order valence-corrected chi connectivity index (χ1v) is 10.4. The molecular weight excluding hydrogens is 391 g/mol. The molecule has 0 saturated carbocycles. The maximum atomic E-state index is 13.2. The average Bonchev–Trinajstić information content (AvgIpc) is 3.24. The van der Waals surface area contributed by atoms with Crippen molar-refractivity contribution >= 4 is 16.5 Å². The number of aromatic nitrogens is 1. The van der Waals surface area contributed by atoms with Crippen molar-refractivity contribution in [1.29, 1.82) is 0 Å². The molecule has 0 unspecified atom stereocenters. The molecule has 0 saturated heterocycles. The van der Waals surface area contributed by atoms with Crippen molar-refractivity contribution < 1.29 is 13.5 Å². The van der Waals surface area contributed by atoms with Crippen LogP contribution in [0.3, 0.4) is 0 Å². The second-order valence-electron chi connectivity index (χ2n) is 7.78. The van der Waals surface area contributed by atoms with Crippen LogP contribution in [0.25, 0.3) is 27.9 Å². The average molecular weight is 414 g/mol. The molecule has 4 nitrogen and oxygen atoms in total. The molecule has 156 valence electrons. The van der Waals surface area contributed by atoms with Gasteiger partial charge in [0.25, 0.3) is 0 Å². The summed E-state index contributed by atoms with van der Waals surface area (Å²) in [6, 6.07) is 16.9. The predicted octanol–water partition coefficient (Wildman–Crippen LogP) is 5.93. The van der Waals surface area contributed by atoms with Gasteiger partial charge >= 0.3 is 0 Å². The van der Waals surface area contributed by atoms with Gasteiger partial charge in [-0.3, -0.25) is 9.88 Å². The van der Waals surface area contributed by atoms with Gasteiger partial charge in [-0.1, -0.05) is 18.2 Å². The Kier molecular flexibility index (Phi) is 5.26. The zero-order chi connectivity index (χ0) is 21.2. The molecule has 5 heteroatoms. The number of nitrogens with zero attached hydrogens (tertiary/aromatic N) is 2. The lowest BCUT2D eigenvalue weighted by Gasteiger charge is -2.26. The van der Waals surface area contributed by atoms with E-state index in [1.165, 1.54) is 23.3 Å². The van der Waals surface area contributed by atoms with Gasteiger partial charge in [0.05, 0.1) is 7.11 Å². The molecule has 2 aromatic heterocycles. The van der Waals surface area contributed by atoms with Gasteiger partial charge in [-0.25, -0.2) is 4.39 Å². The summed E-state index contributed by atoms with van der Waals surface area (Å²) in [6.45, 7) is 2.65. The van der Waals surface area contributed by atoms with Crippen molar-refractivity contribution in [1.82, 2.24) is 9.88 Å². The zero-order valence-corrected chi connectivity index (χ0v) is 17.3. The molecule has 0 amide bonds. The summed E-state index contributed by atoms with van der Waals surface area (Å²) in [7, 11) is 1.67. The van der Waals surface area contributed by atoms with Crippen molar-refractivity contribution in [3.63, 3.8) is 0 Å². The number of furan rings is 1.